The Morgan fingerprint density at radius 1 is 1.04 bits per heavy atom. The largest absolute Gasteiger partial charge is 0.280 e. The van der Waals surface area contributed by atoms with Crippen LogP contribution in [0, 0.1) is 6.92 Å². The standard InChI is InChI=1S/C17H20N2O4S2/c1-14-9-10-15(18-25(22,23)16-7-3-2-4-8-16)13-17(14)19-11-5-6-12-24(19,20)21/h2-4,7-10,13,18H,5-6,11-12H2,1H3. The van der Waals surface area contributed by atoms with Crippen molar-refractivity contribution in [1.29, 1.82) is 0 Å². The molecule has 0 aromatic heterocycles. The number of hydrogen-bond donors (Lipinski definition) is 1. The fourth-order valence-corrected chi connectivity index (χ4v) is 5.58. The summed E-state index contributed by atoms with van der Waals surface area (Å²) in [6.07, 6.45) is 1.44. The lowest BCUT2D eigenvalue weighted by molar-refractivity contribution is 0.574. The fourth-order valence-electron chi connectivity index (χ4n) is 2.81. The highest BCUT2D eigenvalue weighted by molar-refractivity contribution is 7.93. The molecule has 0 unspecified atom stereocenters. The summed E-state index contributed by atoms with van der Waals surface area (Å²) in [6, 6.07) is 13.0. The van der Waals surface area contributed by atoms with Crippen molar-refractivity contribution < 1.29 is 16.8 Å². The maximum absolute atomic E-state index is 12.5. The first-order valence-corrected chi connectivity index (χ1v) is 11.1. The number of sulfonamides is 2. The number of aryl methyl sites for hydroxylation is 1. The Bertz CT molecular complexity index is 971. The first-order valence-electron chi connectivity index (χ1n) is 7.98. The summed E-state index contributed by atoms with van der Waals surface area (Å²) in [5, 5.41) is 0. The van der Waals surface area contributed by atoms with E-state index in [2.05, 4.69) is 4.72 Å². The molecule has 0 atom stereocenters. The van der Waals surface area contributed by atoms with Gasteiger partial charge in [0.25, 0.3) is 10.0 Å². The fraction of sp³-hybridized carbons (Fsp3) is 0.294. The van der Waals surface area contributed by atoms with E-state index in [1.165, 1.54) is 16.4 Å². The van der Waals surface area contributed by atoms with Gasteiger partial charge in [0.15, 0.2) is 0 Å². The van der Waals surface area contributed by atoms with E-state index in [0.29, 0.717) is 24.3 Å². The van der Waals surface area contributed by atoms with Crippen LogP contribution < -0.4 is 9.03 Å². The lowest BCUT2D eigenvalue weighted by Gasteiger charge is -2.29. The van der Waals surface area contributed by atoms with E-state index in [1.807, 2.05) is 6.92 Å². The van der Waals surface area contributed by atoms with Crippen LogP contribution in [0.25, 0.3) is 0 Å². The molecule has 1 aliphatic rings. The van der Waals surface area contributed by atoms with Crippen LogP contribution in [-0.4, -0.2) is 29.1 Å². The molecule has 0 amide bonds. The van der Waals surface area contributed by atoms with E-state index in [1.54, 1.807) is 36.4 Å². The molecule has 0 radical (unpaired) electrons. The minimum Gasteiger partial charge on any atom is -0.280 e. The van der Waals surface area contributed by atoms with Crippen molar-refractivity contribution in [2.24, 2.45) is 0 Å². The Hall–Kier alpha value is -2.06. The Morgan fingerprint density at radius 3 is 2.44 bits per heavy atom. The van der Waals surface area contributed by atoms with Crippen LogP contribution >= 0.6 is 0 Å². The van der Waals surface area contributed by atoms with E-state index >= 15 is 0 Å². The second-order valence-corrected chi connectivity index (χ2v) is 9.71. The average Bonchev–Trinajstić information content (AvgIpc) is 2.57. The third-order valence-electron chi connectivity index (χ3n) is 4.13. The summed E-state index contributed by atoms with van der Waals surface area (Å²) in [6.45, 7) is 2.23. The van der Waals surface area contributed by atoms with E-state index < -0.39 is 20.0 Å². The molecule has 0 bridgehead atoms. The Labute approximate surface area is 148 Å². The van der Waals surface area contributed by atoms with Crippen LogP contribution in [0.2, 0.25) is 0 Å². The normalized spacial score (nSPS) is 17.2. The lowest BCUT2D eigenvalue weighted by Crippen LogP contribution is -2.38. The highest BCUT2D eigenvalue weighted by Crippen LogP contribution is 2.30. The second-order valence-electron chi connectivity index (χ2n) is 6.02. The van der Waals surface area contributed by atoms with Gasteiger partial charge < -0.3 is 0 Å². The first kappa shape index (κ1) is 17.8. The molecule has 8 heteroatoms. The van der Waals surface area contributed by atoms with Gasteiger partial charge in [-0.15, -0.1) is 0 Å². The zero-order valence-electron chi connectivity index (χ0n) is 13.8. The summed E-state index contributed by atoms with van der Waals surface area (Å²) >= 11 is 0. The minimum atomic E-state index is -3.72. The van der Waals surface area contributed by atoms with Gasteiger partial charge in [-0.25, -0.2) is 16.8 Å². The van der Waals surface area contributed by atoms with Gasteiger partial charge in [0.1, 0.15) is 0 Å². The number of nitrogens with one attached hydrogen (secondary N) is 1. The van der Waals surface area contributed by atoms with Crippen molar-refractivity contribution in [1.82, 2.24) is 0 Å². The quantitative estimate of drug-likeness (QED) is 0.884. The number of nitrogens with zero attached hydrogens (tertiary/aromatic N) is 1. The minimum absolute atomic E-state index is 0.117. The number of benzene rings is 2. The molecule has 134 valence electrons. The van der Waals surface area contributed by atoms with Crippen LogP contribution in [-0.2, 0) is 20.0 Å². The van der Waals surface area contributed by atoms with Gasteiger partial charge in [0, 0.05) is 6.54 Å². The SMILES string of the molecule is Cc1ccc(NS(=O)(=O)c2ccccc2)cc1N1CCCCS1(=O)=O. The molecule has 1 N–H and O–H groups in total. The third-order valence-corrected chi connectivity index (χ3v) is 7.39. The summed E-state index contributed by atoms with van der Waals surface area (Å²) < 4.78 is 53.5. The van der Waals surface area contributed by atoms with Crippen LogP contribution in [0.15, 0.2) is 53.4 Å². The van der Waals surface area contributed by atoms with Crippen molar-refractivity contribution in [3.63, 3.8) is 0 Å². The van der Waals surface area contributed by atoms with Gasteiger partial charge in [-0.1, -0.05) is 24.3 Å². The number of anilines is 2. The highest BCUT2D eigenvalue weighted by atomic mass is 32.2. The summed E-state index contributed by atoms with van der Waals surface area (Å²) in [5.74, 6) is 0.117. The van der Waals surface area contributed by atoms with Crippen LogP contribution in [0.3, 0.4) is 0 Å². The topological polar surface area (TPSA) is 83.6 Å². The zero-order valence-corrected chi connectivity index (χ0v) is 15.5. The van der Waals surface area contributed by atoms with Crippen molar-refractivity contribution in [2.75, 3.05) is 21.3 Å². The van der Waals surface area contributed by atoms with Gasteiger partial charge in [-0.2, -0.15) is 0 Å². The predicted molar refractivity (Wildman–Crippen MR) is 98.8 cm³/mol. The van der Waals surface area contributed by atoms with Crippen molar-refractivity contribution in [3.05, 3.63) is 54.1 Å². The Balaban J connectivity index is 1.95. The Morgan fingerprint density at radius 2 is 1.76 bits per heavy atom. The second kappa shape index (κ2) is 6.68. The smallest absolute Gasteiger partial charge is 0.261 e. The van der Waals surface area contributed by atoms with Crippen molar-refractivity contribution in [2.45, 2.75) is 24.7 Å². The molecular weight excluding hydrogens is 360 g/mol. The van der Waals surface area contributed by atoms with Crippen LogP contribution in [0.5, 0.6) is 0 Å². The highest BCUT2D eigenvalue weighted by Gasteiger charge is 2.27. The summed E-state index contributed by atoms with van der Waals surface area (Å²) in [7, 11) is -7.08. The van der Waals surface area contributed by atoms with E-state index in [4.69, 9.17) is 0 Å². The molecule has 1 aliphatic heterocycles. The van der Waals surface area contributed by atoms with Gasteiger partial charge >= 0.3 is 0 Å². The zero-order chi connectivity index (χ0) is 18.1. The molecule has 2 aromatic rings. The molecule has 0 saturated carbocycles. The van der Waals surface area contributed by atoms with E-state index in [0.717, 1.165) is 12.0 Å². The molecular formula is C17H20N2O4S2. The van der Waals surface area contributed by atoms with Gasteiger partial charge in [-0.3, -0.25) is 9.03 Å². The molecule has 1 fully saturated rings. The number of rotatable bonds is 4. The van der Waals surface area contributed by atoms with Gasteiger partial charge in [-0.05, 0) is 49.6 Å². The lowest BCUT2D eigenvalue weighted by atomic mass is 10.1. The molecule has 1 heterocycles. The maximum Gasteiger partial charge on any atom is 0.261 e. The van der Waals surface area contributed by atoms with Crippen molar-refractivity contribution >= 4 is 31.4 Å². The van der Waals surface area contributed by atoms with Gasteiger partial charge in [0.2, 0.25) is 10.0 Å². The van der Waals surface area contributed by atoms with Crippen LogP contribution in [0.1, 0.15) is 18.4 Å². The molecule has 6 nitrogen and oxygen atoms in total. The summed E-state index contributed by atoms with van der Waals surface area (Å²) in [4.78, 5) is 0.155. The van der Waals surface area contributed by atoms with E-state index in [-0.39, 0.29) is 10.6 Å². The van der Waals surface area contributed by atoms with Crippen molar-refractivity contribution in [3.8, 4) is 0 Å². The molecule has 0 spiro atoms. The molecule has 25 heavy (non-hydrogen) atoms. The molecule has 2 aromatic carbocycles. The molecule has 0 aliphatic carbocycles. The first-order chi connectivity index (χ1) is 11.8. The van der Waals surface area contributed by atoms with Crippen LogP contribution in [0.4, 0.5) is 11.4 Å². The maximum atomic E-state index is 12.5. The predicted octanol–water partition coefficient (Wildman–Crippen LogP) is 2.73. The molecule has 3 rings (SSSR count). The monoisotopic (exact) mass is 380 g/mol. The average molecular weight is 380 g/mol. The third kappa shape index (κ3) is 3.80. The number of hydrogen-bond acceptors (Lipinski definition) is 4. The van der Waals surface area contributed by atoms with Gasteiger partial charge in [0.05, 0.1) is 22.0 Å². The molecule has 1 saturated heterocycles. The summed E-state index contributed by atoms with van der Waals surface area (Å²) in [5.41, 5.74) is 1.64. The van der Waals surface area contributed by atoms with E-state index in [9.17, 15) is 16.8 Å². The Kier molecular flexibility index (Phi) is 4.75.